The van der Waals surface area contributed by atoms with Crippen LogP contribution < -0.4 is 0 Å². The second-order valence-electron chi connectivity index (χ2n) is 7.83. The molecule has 0 saturated carbocycles. The van der Waals surface area contributed by atoms with Gasteiger partial charge in [0.25, 0.3) is 0 Å². The Morgan fingerprint density at radius 3 is 1.29 bits per heavy atom. The maximum atomic E-state index is 12.2. The summed E-state index contributed by atoms with van der Waals surface area (Å²) in [4.78, 5) is 48.1. The molecule has 0 saturated heterocycles. The van der Waals surface area contributed by atoms with Crippen molar-refractivity contribution < 1.29 is 39.6 Å². The fraction of sp³-hybridized carbons (Fsp3) is 0. The first-order chi connectivity index (χ1) is 16.2. The normalized spacial score (nSPS) is 11.3. The molecule has 5 aromatic rings. The second kappa shape index (κ2) is 7.28. The molecule has 0 atom stereocenters. The summed E-state index contributed by atoms with van der Waals surface area (Å²) in [6.07, 6.45) is 0. The van der Waals surface area contributed by atoms with Gasteiger partial charge in [-0.05, 0) is 67.4 Å². The molecule has 0 unspecified atom stereocenters. The minimum atomic E-state index is -1.84. The topological polar surface area (TPSA) is 149 Å². The molecule has 5 aromatic carbocycles. The molecule has 0 aromatic heterocycles. The van der Waals surface area contributed by atoms with E-state index in [1.165, 1.54) is 12.1 Å². The molecule has 8 heteroatoms. The summed E-state index contributed by atoms with van der Waals surface area (Å²) in [5.74, 6) is -7.03. The first-order valence-corrected chi connectivity index (χ1v) is 10.0. The number of aromatic carboxylic acids is 4. The Bertz CT molecular complexity index is 1760. The standard InChI is InChI=1S/C26H14O8/c27-23(28)19-17-9-14-6-5-13-7-11-3-1-2-4-12(11)8-15(13)16(14)10-18(17)20(24(29)30)22(26(33)34)21(19)25(31)32/h1-10H,(H,27,28)(H,29,30)(H,31,32)(H,33,34). The number of carboxylic acid groups (broad SMARTS) is 4. The smallest absolute Gasteiger partial charge is 0.337 e. The molecule has 0 heterocycles. The van der Waals surface area contributed by atoms with Crippen LogP contribution in [0.25, 0.3) is 43.1 Å². The molecule has 0 spiro atoms. The highest BCUT2D eigenvalue weighted by Crippen LogP contribution is 2.37. The van der Waals surface area contributed by atoms with Gasteiger partial charge in [0.15, 0.2) is 0 Å². The fourth-order valence-electron chi connectivity index (χ4n) is 4.60. The van der Waals surface area contributed by atoms with E-state index in [-0.39, 0.29) is 10.8 Å². The Kier molecular flexibility index (Phi) is 4.47. The third kappa shape index (κ3) is 2.93. The predicted octanol–water partition coefficient (Wildman–Crippen LogP) is 5.09. The Morgan fingerprint density at radius 2 is 0.794 bits per heavy atom. The Labute approximate surface area is 189 Å². The van der Waals surface area contributed by atoms with Crippen LogP contribution in [0.5, 0.6) is 0 Å². The summed E-state index contributed by atoms with van der Waals surface area (Å²) in [6, 6.07) is 17.9. The quantitative estimate of drug-likeness (QED) is 0.217. The van der Waals surface area contributed by atoms with Crippen molar-refractivity contribution in [1.29, 1.82) is 0 Å². The highest BCUT2D eigenvalue weighted by Gasteiger charge is 2.33. The van der Waals surface area contributed by atoms with Crippen molar-refractivity contribution >= 4 is 67.0 Å². The van der Waals surface area contributed by atoms with E-state index in [9.17, 15) is 39.6 Å². The first-order valence-electron chi connectivity index (χ1n) is 10.0. The zero-order valence-corrected chi connectivity index (χ0v) is 17.2. The lowest BCUT2D eigenvalue weighted by Gasteiger charge is -2.16. The number of carboxylic acids is 4. The first kappa shape index (κ1) is 20.9. The lowest BCUT2D eigenvalue weighted by molar-refractivity contribution is 0.0621. The summed E-state index contributed by atoms with van der Waals surface area (Å²) >= 11 is 0. The number of carbonyl (C=O) groups is 4. The maximum Gasteiger partial charge on any atom is 0.337 e. The van der Waals surface area contributed by atoms with Gasteiger partial charge in [-0.15, -0.1) is 0 Å². The molecular weight excluding hydrogens is 440 g/mol. The summed E-state index contributed by atoms with van der Waals surface area (Å²) in [7, 11) is 0. The molecule has 5 rings (SSSR count). The van der Waals surface area contributed by atoms with Crippen molar-refractivity contribution in [3.05, 3.63) is 82.9 Å². The van der Waals surface area contributed by atoms with Gasteiger partial charge in [0, 0.05) is 0 Å². The summed E-state index contributed by atoms with van der Waals surface area (Å²) < 4.78 is 0. The van der Waals surface area contributed by atoms with Crippen molar-refractivity contribution in [2.75, 3.05) is 0 Å². The van der Waals surface area contributed by atoms with E-state index in [4.69, 9.17) is 0 Å². The van der Waals surface area contributed by atoms with Crippen LogP contribution in [0.4, 0.5) is 0 Å². The number of fused-ring (bicyclic) bond motifs is 5. The van der Waals surface area contributed by atoms with Gasteiger partial charge in [-0.1, -0.05) is 36.4 Å². The van der Waals surface area contributed by atoms with Gasteiger partial charge in [-0.2, -0.15) is 0 Å². The highest BCUT2D eigenvalue weighted by molar-refractivity contribution is 6.26. The van der Waals surface area contributed by atoms with Crippen LogP contribution >= 0.6 is 0 Å². The van der Waals surface area contributed by atoms with E-state index in [1.807, 2.05) is 42.5 Å². The molecule has 0 bridgehead atoms. The molecule has 166 valence electrons. The predicted molar refractivity (Wildman–Crippen MR) is 124 cm³/mol. The monoisotopic (exact) mass is 454 g/mol. The van der Waals surface area contributed by atoms with Crippen molar-refractivity contribution in [3.63, 3.8) is 0 Å². The summed E-state index contributed by atoms with van der Waals surface area (Å²) in [5.41, 5.74) is -3.69. The summed E-state index contributed by atoms with van der Waals surface area (Å²) in [6.45, 7) is 0. The van der Waals surface area contributed by atoms with Crippen molar-refractivity contribution in [3.8, 4) is 0 Å². The highest BCUT2D eigenvalue weighted by atomic mass is 16.4. The Balaban J connectivity index is 2.07. The van der Waals surface area contributed by atoms with Crippen LogP contribution in [0, 0.1) is 0 Å². The van der Waals surface area contributed by atoms with E-state index in [1.54, 1.807) is 6.07 Å². The van der Waals surface area contributed by atoms with Gasteiger partial charge >= 0.3 is 23.9 Å². The molecule has 0 amide bonds. The van der Waals surface area contributed by atoms with E-state index in [2.05, 4.69) is 0 Å². The average molecular weight is 454 g/mol. The number of hydrogen-bond acceptors (Lipinski definition) is 4. The van der Waals surface area contributed by atoms with Gasteiger partial charge in [0.1, 0.15) is 0 Å². The number of rotatable bonds is 4. The number of hydrogen-bond donors (Lipinski definition) is 4. The molecule has 0 aliphatic carbocycles. The third-order valence-corrected chi connectivity index (χ3v) is 5.98. The lowest BCUT2D eigenvalue weighted by Crippen LogP contribution is -2.20. The van der Waals surface area contributed by atoms with Crippen molar-refractivity contribution in [2.24, 2.45) is 0 Å². The lowest BCUT2D eigenvalue weighted by atomic mass is 9.86. The molecule has 0 aliphatic heterocycles. The Hall–Kier alpha value is -4.98. The van der Waals surface area contributed by atoms with E-state index < -0.39 is 46.1 Å². The van der Waals surface area contributed by atoms with Gasteiger partial charge in [0.05, 0.1) is 22.3 Å². The zero-order valence-electron chi connectivity index (χ0n) is 17.2. The number of benzene rings is 5. The van der Waals surface area contributed by atoms with Crippen LogP contribution in [0.15, 0.2) is 60.7 Å². The van der Waals surface area contributed by atoms with Crippen LogP contribution in [0.3, 0.4) is 0 Å². The minimum absolute atomic E-state index is 0.166. The van der Waals surface area contributed by atoms with E-state index in [0.29, 0.717) is 10.8 Å². The van der Waals surface area contributed by atoms with E-state index in [0.717, 1.165) is 21.5 Å². The van der Waals surface area contributed by atoms with Crippen LogP contribution in [-0.2, 0) is 0 Å². The average Bonchev–Trinajstić information content (AvgIpc) is 2.79. The van der Waals surface area contributed by atoms with E-state index >= 15 is 0 Å². The van der Waals surface area contributed by atoms with Gasteiger partial charge in [0.2, 0.25) is 0 Å². The second-order valence-corrected chi connectivity index (χ2v) is 7.83. The molecule has 4 N–H and O–H groups in total. The Morgan fingerprint density at radius 1 is 0.412 bits per heavy atom. The van der Waals surface area contributed by atoms with Crippen LogP contribution in [0.2, 0.25) is 0 Å². The van der Waals surface area contributed by atoms with Crippen LogP contribution in [-0.4, -0.2) is 44.3 Å². The molecule has 8 nitrogen and oxygen atoms in total. The van der Waals surface area contributed by atoms with Gasteiger partial charge in [-0.3, -0.25) is 0 Å². The molecule has 0 aliphatic rings. The van der Waals surface area contributed by atoms with Gasteiger partial charge < -0.3 is 20.4 Å². The molecule has 0 radical (unpaired) electrons. The molecule has 0 fully saturated rings. The minimum Gasteiger partial charge on any atom is -0.478 e. The SMILES string of the molecule is O=C(O)c1c(C(=O)O)c(C(=O)O)c2cc3c(ccc4cc5ccccc5cc43)cc2c1C(=O)O. The third-order valence-electron chi connectivity index (χ3n) is 5.98. The maximum absolute atomic E-state index is 12.2. The van der Waals surface area contributed by atoms with Crippen LogP contribution in [0.1, 0.15) is 41.4 Å². The zero-order chi connectivity index (χ0) is 24.3. The van der Waals surface area contributed by atoms with Crippen molar-refractivity contribution in [2.45, 2.75) is 0 Å². The fourth-order valence-corrected chi connectivity index (χ4v) is 4.60. The van der Waals surface area contributed by atoms with Crippen molar-refractivity contribution in [1.82, 2.24) is 0 Å². The molecular formula is C26H14O8. The van der Waals surface area contributed by atoms with Gasteiger partial charge in [-0.25, -0.2) is 19.2 Å². The summed E-state index contributed by atoms with van der Waals surface area (Å²) in [5, 5.41) is 43.3. The largest absolute Gasteiger partial charge is 0.478 e. The molecule has 34 heavy (non-hydrogen) atoms.